The Morgan fingerprint density at radius 2 is 1.84 bits per heavy atom. The summed E-state index contributed by atoms with van der Waals surface area (Å²) in [6.07, 6.45) is 4.70. The van der Waals surface area contributed by atoms with Gasteiger partial charge >= 0.3 is 0 Å². The first-order chi connectivity index (χ1) is 14.7. The molecule has 166 valence electrons. The number of benzene rings is 2. The number of methoxy groups -OCH3 is 1. The number of hydrogen-bond acceptors (Lipinski definition) is 3. The minimum atomic E-state index is 0. The van der Waals surface area contributed by atoms with Gasteiger partial charge in [-0.05, 0) is 30.2 Å². The smallest absolute Gasteiger partial charge is 0.193 e. The van der Waals surface area contributed by atoms with Crippen LogP contribution in [0, 0.1) is 0 Å². The molecule has 6 nitrogen and oxygen atoms in total. The van der Waals surface area contributed by atoms with Gasteiger partial charge in [-0.25, -0.2) is 4.98 Å². The molecule has 0 saturated carbocycles. The molecule has 0 atom stereocenters. The van der Waals surface area contributed by atoms with Gasteiger partial charge in [-0.3, -0.25) is 4.99 Å². The average molecular weight is 533 g/mol. The summed E-state index contributed by atoms with van der Waals surface area (Å²) >= 11 is 0. The van der Waals surface area contributed by atoms with E-state index in [4.69, 9.17) is 9.73 Å². The lowest BCUT2D eigenvalue weighted by molar-refractivity contribution is 0.414. The number of guanidine groups is 1. The van der Waals surface area contributed by atoms with E-state index < -0.39 is 0 Å². The number of nitrogens with zero attached hydrogens (tertiary/aromatic N) is 4. The molecule has 0 aliphatic rings. The van der Waals surface area contributed by atoms with Crippen LogP contribution in [0.5, 0.6) is 5.75 Å². The van der Waals surface area contributed by atoms with Crippen LogP contribution in [-0.2, 0) is 19.5 Å². The third-order valence-corrected chi connectivity index (χ3v) is 4.87. The second kappa shape index (κ2) is 13.0. The van der Waals surface area contributed by atoms with Crippen molar-refractivity contribution in [1.82, 2.24) is 19.8 Å². The molecule has 0 amide bonds. The van der Waals surface area contributed by atoms with Gasteiger partial charge in [0.2, 0.25) is 0 Å². The zero-order chi connectivity index (χ0) is 21.2. The molecule has 7 heteroatoms. The highest BCUT2D eigenvalue weighted by Gasteiger charge is 2.08. The van der Waals surface area contributed by atoms with E-state index in [0.29, 0.717) is 6.54 Å². The van der Waals surface area contributed by atoms with Gasteiger partial charge in [0.1, 0.15) is 11.6 Å². The van der Waals surface area contributed by atoms with Crippen LogP contribution in [0.1, 0.15) is 23.9 Å². The molecule has 0 aliphatic heterocycles. The molecular formula is C24H32IN5O. The van der Waals surface area contributed by atoms with Crippen LogP contribution in [0.2, 0.25) is 0 Å². The highest BCUT2D eigenvalue weighted by Crippen LogP contribution is 2.12. The highest BCUT2D eigenvalue weighted by atomic mass is 127. The normalized spacial score (nSPS) is 11.0. The molecule has 2 aromatic carbocycles. The maximum absolute atomic E-state index is 5.24. The molecule has 1 aromatic heterocycles. The van der Waals surface area contributed by atoms with E-state index in [1.165, 1.54) is 11.1 Å². The van der Waals surface area contributed by atoms with Crippen molar-refractivity contribution in [3.8, 4) is 5.75 Å². The lowest BCUT2D eigenvalue weighted by Gasteiger charge is -2.22. The van der Waals surface area contributed by atoms with Gasteiger partial charge in [-0.2, -0.15) is 0 Å². The molecule has 3 rings (SSSR count). The minimum absolute atomic E-state index is 0. The molecule has 0 spiro atoms. The summed E-state index contributed by atoms with van der Waals surface area (Å²) in [6.45, 7) is 5.20. The van der Waals surface area contributed by atoms with E-state index in [2.05, 4.69) is 70.1 Å². The van der Waals surface area contributed by atoms with Crippen molar-refractivity contribution in [2.75, 3.05) is 27.2 Å². The predicted octanol–water partition coefficient (Wildman–Crippen LogP) is 4.20. The Hall–Kier alpha value is -2.55. The van der Waals surface area contributed by atoms with Gasteiger partial charge in [0.15, 0.2) is 5.96 Å². The first-order valence-corrected chi connectivity index (χ1v) is 10.4. The first-order valence-electron chi connectivity index (χ1n) is 10.4. The quantitative estimate of drug-likeness (QED) is 0.255. The van der Waals surface area contributed by atoms with Crippen molar-refractivity contribution in [3.05, 3.63) is 83.9 Å². The summed E-state index contributed by atoms with van der Waals surface area (Å²) in [7, 11) is 3.74. The van der Waals surface area contributed by atoms with E-state index in [0.717, 1.165) is 43.6 Å². The molecule has 0 unspecified atom stereocenters. The second-order valence-corrected chi connectivity index (χ2v) is 7.15. The van der Waals surface area contributed by atoms with Crippen molar-refractivity contribution < 1.29 is 4.74 Å². The summed E-state index contributed by atoms with van der Waals surface area (Å²) in [4.78, 5) is 11.5. The van der Waals surface area contributed by atoms with E-state index in [-0.39, 0.29) is 24.0 Å². The van der Waals surface area contributed by atoms with Crippen LogP contribution in [0.25, 0.3) is 0 Å². The standard InChI is InChI=1S/C24H31N5O.HI/c1-4-25-24(28(2)18-21-10-12-22(30-3)13-11-21)27-15-14-23-26-16-17-29(23)19-20-8-6-5-7-9-20;/h5-13,16-17H,4,14-15,18-19H2,1-3H3,(H,25,27);1H. The molecular weight excluding hydrogens is 501 g/mol. The Bertz CT molecular complexity index is 925. The molecule has 31 heavy (non-hydrogen) atoms. The Balaban J connectivity index is 0.00000341. The number of hydrogen-bond donors (Lipinski definition) is 1. The van der Waals surface area contributed by atoms with E-state index >= 15 is 0 Å². The average Bonchev–Trinajstić information content (AvgIpc) is 3.21. The fraction of sp³-hybridized carbons (Fsp3) is 0.333. The molecule has 0 bridgehead atoms. The molecule has 0 aliphatic carbocycles. The number of rotatable bonds is 9. The van der Waals surface area contributed by atoms with Crippen LogP contribution in [0.3, 0.4) is 0 Å². The number of nitrogens with one attached hydrogen (secondary N) is 1. The van der Waals surface area contributed by atoms with Crippen LogP contribution in [0.4, 0.5) is 0 Å². The number of aliphatic imine (C=N–C) groups is 1. The summed E-state index contributed by atoms with van der Waals surface area (Å²) in [6, 6.07) is 18.6. The van der Waals surface area contributed by atoms with Crippen molar-refractivity contribution in [2.24, 2.45) is 4.99 Å². The summed E-state index contributed by atoms with van der Waals surface area (Å²) < 4.78 is 7.43. The Morgan fingerprint density at radius 3 is 2.52 bits per heavy atom. The van der Waals surface area contributed by atoms with Gasteiger partial charge in [0, 0.05) is 52.0 Å². The van der Waals surface area contributed by atoms with Crippen molar-refractivity contribution in [1.29, 1.82) is 0 Å². The van der Waals surface area contributed by atoms with E-state index in [1.54, 1.807) is 7.11 Å². The van der Waals surface area contributed by atoms with Gasteiger partial charge in [-0.15, -0.1) is 24.0 Å². The highest BCUT2D eigenvalue weighted by molar-refractivity contribution is 14.0. The molecule has 3 aromatic rings. The zero-order valence-corrected chi connectivity index (χ0v) is 20.8. The van der Waals surface area contributed by atoms with Crippen molar-refractivity contribution in [2.45, 2.75) is 26.4 Å². The number of imidazole rings is 1. The maximum atomic E-state index is 5.24. The largest absolute Gasteiger partial charge is 0.497 e. The topological polar surface area (TPSA) is 54.7 Å². The summed E-state index contributed by atoms with van der Waals surface area (Å²) in [5.74, 6) is 2.82. The first kappa shape index (κ1) is 24.7. The molecule has 0 fully saturated rings. The summed E-state index contributed by atoms with van der Waals surface area (Å²) in [5, 5.41) is 3.38. The van der Waals surface area contributed by atoms with Crippen LogP contribution < -0.4 is 10.1 Å². The lowest BCUT2D eigenvalue weighted by Crippen LogP contribution is -2.38. The van der Waals surface area contributed by atoms with Gasteiger partial charge in [0.25, 0.3) is 0 Å². The SMILES string of the molecule is CCNC(=NCCc1nccn1Cc1ccccc1)N(C)Cc1ccc(OC)cc1.I. The number of ether oxygens (including phenoxy) is 1. The predicted molar refractivity (Wildman–Crippen MR) is 137 cm³/mol. The van der Waals surface area contributed by atoms with Gasteiger partial charge in [0.05, 0.1) is 7.11 Å². The molecule has 0 saturated heterocycles. The monoisotopic (exact) mass is 533 g/mol. The number of aromatic nitrogens is 2. The molecule has 1 N–H and O–H groups in total. The van der Waals surface area contributed by atoms with Crippen molar-refractivity contribution in [3.63, 3.8) is 0 Å². The number of halogens is 1. The van der Waals surface area contributed by atoms with E-state index in [9.17, 15) is 0 Å². The van der Waals surface area contributed by atoms with Crippen LogP contribution in [-0.4, -0.2) is 47.7 Å². The molecule has 1 heterocycles. The molecule has 0 radical (unpaired) electrons. The minimum Gasteiger partial charge on any atom is -0.497 e. The Labute approximate surface area is 202 Å². The third kappa shape index (κ3) is 7.57. The fourth-order valence-electron chi connectivity index (χ4n) is 3.30. The van der Waals surface area contributed by atoms with E-state index in [1.807, 2.05) is 30.6 Å². The Morgan fingerprint density at radius 1 is 1.10 bits per heavy atom. The third-order valence-electron chi connectivity index (χ3n) is 4.87. The maximum Gasteiger partial charge on any atom is 0.193 e. The Kier molecular flexibility index (Phi) is 10.4. The van der Waals surface area contributed by atoms with Crippen LogP contribution >= 0.6 is 24.0 Å². The van der Waals surface area contributed by atoms with Crippen molar-refractivity contribution >= 4 is 29.9 Å². The lowest BCUT2D eigenvalue weighted by atomic mass is 10.2. The van der Waals surface area contributed by atoms with Gasteiger partial charge in [-0.1, -0.05) is 42.5 Å². The zero-order valence-electron chi connectivity index (χ0n) is 18.5. The van der Waals surface area contributed by atoms with Gasteiger partial charge < -0.3 is 19.5 Å². The van der Waals surface area contributed by atoms with Crippen LogP contribution in [0.15, 0.2) is 72.0 Å². The second-order valence-electron chi connectivity index (χ2n) is 7.15. The summed E-state index contributed by atoms with van der Waals surface area (Å²) in [5.41, 5.74) is 2.48. The fourth-order valence-corrected chi connectivity index (χ4v) is 3.30.